The number of aromatic nitrogens is 3. The first-order valence-corrected chi connectivity index (χ1v) is 7.80. The molecule has 0 fully saturated rings. The maximum absolute atomic E-state index is 4.51. The first-order chi connectivity index (χ1) is 10.3. The molecule has 21 heavy (non-hydrogen) atoms. The Bertz CT molecular complexity index is 675. The average Bonchev–Trinajstić information content (AvgIpc) is 3.17. The summed E-state index contributed by atoms with van der Waals surface area (Å²) in [6, 6.07) is 8.62. The highest BCUT2D eigenvalue weighted by molar-refractivity contribution is 7.10. The third-order valence-electron chi connectivity index (χ3n) is 3.57. The van der Waals surface area contributed by atoms with Crippen molar-refractivity contribution in [3.63, 3.8) is 0 Å². The summed E-state index contributed by atoms with van der Waals surface area (Å²) in [5, 5.41) is 5.78. The minimum absolute atomic E-state index is 0.0909. The van der Waals surface area contributed by atoms with E-state index in [0.717, 1.165) is 5.82 Å². The number of nitrogens with zero attached hydrogens (tertiary/aromatic N) is 3. The summed E-state index contributed by atoms with van der Waals surface area (Å²) in [6.45, 7) is 2.17. The van der Waals surface area contributed by atoms with E-state index in [9.17, 15) is 0 Å². The maximum Gasteiger partial charge on any atom is 0.131 e. The molecule has 0 aliphatic heterocycles. The molecule has 108 valence electrons. The van der Waals surface area contributed by atoms with Crippen LogP contribution in [-0.2, 0) is 7.05 Å². The van der Waals surface area contributed by atoms with Crippen LogP contribution in [0.25, 0.3) is 0 Å². The molecule has 1 N–H and O–H groups in total. The number of pyridine rings is 1. The second-order valence-corrected chi connectivity index (χ2v) is 5.99. The van der Waals surface area contributed by atoms with E-state index in [1.165, 1.54) is 10.4 Å². The average molecular weight is 298 g/mol. The van der Waals surface area contributed by atoms with Gasteiger partial charge >= 0.3 is 0 Å². The van der Waals surface area contributed by atoms with Crippen molar-refractivity contribution in [1.82, 2.24) is 19.9 Å². The number of nitrogens with one attached hydrogen (secondary N) is 1. The van der Waals surface area contributed by atoms with Crippen molar-refractivity contribution in [2.75, 3.05) is 0 Å². The van der Waals surface area contributed by atoms with E-state index < -0.39 is 0 Å². The second-order valence-electron chi connectivity index (χ2n) is 5.01. The van der Waals surface area contributed by atoms with E-state index in [1.807, 2.05) is 44.0 Å². The minimum atomic E-state index is 0.0909. The number of hydrogen-bond donors (Lipinski definition) is 1. The van der Waals surface area contributed by atoms with Gasteiger partial charge in [-0.3, -0.25) is 10.3 Å². The molecule has 0 aromatic carbocycles. The lowest BCUT2D eigenvalue weighted by Crippen LogP contribution is -2.27. The summed E-state index contributed by atoms with van der Waals surface area (Å²) >= 11 is 1.75. The summed E-state index contributed by atoms with van der Waals surface area (Å²) in [6.07, 6.45) is 7.48. The molecule has 0 amide bonds. The van der Waals surface area contributed by atoms with Crippen molar-refractivity contribution in [2.45, 2.75) is 19.0 Å². The van der Waals surface area contributed by atoms with Crippen LogP contribution >= 0.6 is 11.3 Å². The van der Waals surface area contributed by atoms with Crippen molar-refractivity contribution >= 4 is 11.3 Å². The van der Waals surface area contributed by atoms with Crippen LogP contribution in [0, 0.1) is 0 Å². The maximum atomic E-state index is 4.51. The largest absolute Gasteiger partial charge is 0.336 e. The molecule has 0 bridgehead atoms. The number of imidazole rings is 1. The third-order valence-corrected chi connectivity index (χ3v) is 4.50. The van der Waals surface area contributed by atoms with Gasteiger partial charge in [0.05, 0.1) is 0 Å². The van der Waals surface area contributed by atoms with Gasteiger partial charge in [0.25, 0.3) is 0 Å². The summed E-state index contributed by atoms with van der Waals surface area (Å²) in [4.78, 5) is 9.86. The monoisotopic (exact) mass is 298 g/mol. The van der Waals surface area contributed by atoms with Crippen molar-refractivity contribution in [3.8, 4) is 0 Å². The highest BCUT2D eigenvalue weighted by Gasteiger charge is 2.21. The number of hydrogen-bond acceptors (Lipinski definition) is 4. The van der Waals surface area contributed by atoms with Crippen LogP contribution in [0.15, 0.2) is 54.4 Å². The molecule has 3 heterocycles. The molecule has 4 nitrogen and oxygen atoms in total. The molecule has 2 atom stereocenters. The Labute approximate surface area is 128 Å². The molecule has 0 aliphatic carbocycles. The predicted molar refractivity (Wildman–Crippen MR) is 85.2 cm³/mol. The summed E-state index contributed by atoms with van der Waals surface area (Å²) in [5.41, 5.74) is 1.22. The van der Waals surface area contributed by atoms with Gasteiger partial charge in [0.1, 0.15) is 11.9 Å². The van der Waals surface area contributed by atoms with Crippen LogP contribution in [-0.4, -0.2) is 14.5 Å². The molecule has 2 unspecified atom stereocenters. The number of thiophene rings is 1. The lowest BCUT2D eigenvalue weighted by Gasteiger charge is -2.22. The normalized spacial score (nSPS) is 14.0. The van der Waals surface area contributed by atoms with E-state index in [2.05, 4.69) is 44.3 Å². The van der Waals surface area contributed by atoms with E-state index in [-0.39, 0.29) is 12.1 Å². The summed E-state index contributed by atoms with van der Waals surface area (Å²) in [7, 11) is 2.03. The minimum Gasteiger partial charge on any atom is -0.336 e. The van der Waals surface area contributed by atoms with Crippen LogP contribution in [0.5, 0.6) is 0 Å². The first kappa shape index (κ1) is 14.0. The highest BCUT2D eigenvalue weighted by atomic mass is 32.1. The van der Waals surface area contributed by atoms with Crippen molar-refractivity contribution in [2.24, 2.45) is 7.05 Å². The van der Waals surface area contributed by atoms with Gasteiger partial charge in [-0.2, -0.15) is 0 Å². The molecule has 3 aromatic heterocycles. The van der Waals surface area contributed by atoms with Gasteiger partial charge < -0.3 is 4.57 Å². The van der Waals surface area contributed by atoms with Crippen LogP contribution in [0.4, 0.5) is 0 Å². The Kier molecular flexibility index (Phi) is 4.13. The third kappa shape index (κ3) is 3.04. The Morgan fingerprint density at radius 2 is 2.00 bits per heavy atom. The lowest BCUT2D eigenvalue weighted by molar-refractivity contribution is 0.494. The van der Waals surface area contributed by atoms with Gasteiger partial charge in [0.2, 0.25) is 0 Å². The van der Waals surface area contributed by atoms with Crippen LogP contribution in [0.3, 0.4) is 0 Å². The Hall–Kier alpha value is -1.98. The SMILES string of the molecule is CC(NC(c1cccs1)c1nccn1C)c1ccncc1. The predicted octanol–water partition coefficient (Wildman–Crippen LogP) is 3.32. The fourth-order valence-electron chi connectivity index (χ4n) is 2.39. The first-order valence-electron chi connectivity index (χ1n) is 6.92. The molecule has 0 saturated carbocycles. The van der Waals surface area contributed by atoms with Gasteiger partial charge in [-0.25, -0.2) is 4.98 Å². The van der Waals surface area contributed by atoms with Gasteiger partial charge in [0, 0.05) is 42.8 Å². The molecule has 5 heteroatoms. The van der Waals surface area contributed by atoms with Crippen LogP contribution < -0.4 is 5.32 Å². The molecule has 0 aliphatic rings. The van der Waals surface area contributed by atoms with Gasteiger partial charge in [-0.05, 0) is 36.1 Å². The van der Waals surface area contributed by atoms with Gasteiger partial charge in [-0.15, -0.1) is 11.3 Å². The molecular formula is C16H18N4S. The zero-order chi connectivity index (χ0) is 14.7. The Balaban J connectivity index is 1.89. The number of rotatable bonds is 5. The smallest absolute Gasteiger partial charge is 0.131 e. The second kappa shape index (κ2) is 6.20. The molecule has 0 saturated heterocycles. The van der Waals surface area contributed by atoms with Crippen LogP contribution in [0.2, 0.25) is 0 Å². The highest BCUT2D eigenvalue weighted by Crippen LogP contribution is 2.27. The quantitative estimate of drug-likeness (QED) is 0.786. The zero-order valence-electron chi connectivity index (χ0n) is 12.1. The Morgan fingerprint density at radius 3 is 2.62 bits per heavy atom. The fourth-order valence-corrected chi connectivity index (χ4v) is 3.17. The van der Waals surface area contributed by atoms with Crippen molar-refractivity contribution in [1.29, 1.82) is 0 Å². The van der Waals surface area contributed by atoms with E-state index in [4.69, 9.17) is 0 Å². The van der Waals surface area contributed by atoms with E-state index in [0.29, 0.717) is 0 Å². The topological polar surface area (TPSA) is 42.7 Å². The van der Waals surface area contributed by atoms with Crippen LogP contribution in [0.1, 0.15) is 35.3 Å². The van der Waals surface area contributed by atoms with Gasteiger partial charge in [0.15, 0.2) is 0 Å². The number of aryl methyl sites for hydroxylation is 1. The fraction of sp³-hybridized carbons (Fsp3) is 0.250. The summed E-state index contributed by atoms with van der Waals surface area (Å²) < 4.78 is 2.07. The van der Waals surface area contributed by atoms with E-state index >= 15 is 0 Å². The van der Waals surface area contributed by atoms with Crippen molar-refractivity contribution in [3.05, 3.63) is 70.7 Å². The van der Waals surface area contributed by atoms with Crippen molar-refractivity contribution < 1.29 is 0 Å². The standard InChI is InChI=1S/C16H18N4S/c1-12(13-5-7-17-8-6-13)19-15(14-4-3-11-21-14)16-18-9-10-20(16)2/h3-12,15,19H,1-2H3. The summed E-state index contributed by atoms with van der Waals surface area (Å²) in [5.74, 6) is 1.03. The molecular weight excluding hydrogens is 280 g/mol. The molecule has 0 spiro atoms. The molecule has 3 rings (SSSR count). The lowest BCUT2D eigenvalue weighted by atomic mass is 10.1. The molecule has 0 radical (unpaired) electrons. The Morgan fingerprint density at radius 1 is 1.19 bits per heavy atom. The van der Waals surface area contributed by atoms with Gasteiger partial charge in [-0.1, -0.05) is 6.07 Å². The molecule has 3 aromatic rings. The van der Waals surface area contributed by atoms with E-state index in [1.54, 1.807) is 11.3 Å². The zero-order valence-corrected chi connectivity index (χ0v) is 12.9.